The van der Waals surface area contributed by atoms with Crippen LogP contribution in [-0.2, 0) is 0 Å². The summed E-state index contributed by atoms with van der Waals surface area (Å²) < 4.78 is 5.43. The first-order valence-electron chi connectivity index (χ1n) is 7.92. The van der Waals surface area contributed by atoms with Gasteiger partial charge < -0.3 is 15.0 Å². The summed E-state index contributed by atoms with van der Waals surface area (Å²) in [5, 5.41) is 3.48. The average Bonchev–Trinajstić information content (AvgIpc) is 2.46. The number of likely N-dealkylation sites (N-methyl/N-ethyl adjacent to an activating group) is 1. The van der Waals surface area contributed by atoms with E-state index >= 15 is 0 Å². The van der Waals surface area contributed by atoms with Gasteiger partial charge in [0.2, 0.25) is 5.88 Å². The number of hydrogen-bond donors (Lipinski definition) is 1. The molecule has 0 spiro atoms. The summed E-state index contributed by atoms with van der Waals surface area (Å²) >= 11 is 0. The minimum atomic E-state index is 0.217. The van der Waals surface area contributed by atoms with Crippen LogP contribution in [0.1, 0.15) is 39.5 Å². The smallest absolute Gasteiger partial charge is 0.218 e. The average molecular weight is 292 g/mol. The quantitative estimate of drug-likeness (QED) is 0.873. The SMILES string of the molecule is CCOc1cc(NCC2(N(C)C)CCCC(C)C2)ncn1. The maximum atomic E-state index is 5.43. The minimum absolute atomic E-state index is 0.217. The molecule has 0 saturated heterocycles. The normalized spacial score (nSPS) is 25.9. The van der Waals surface area contributed by atoms with Crippen molar-refractivity contribution in [1.29, 1.82) is 0 Å². The highest BCUT2D eigenvalue weighted by Crippen LogP contribution is 2.35. The Kier molecular flexibility index (Phi) is 5.39. The van der Waals surface area contributed by atoms with Gasteiger partial charge in [-0.1, -0.05) is 19.8 Å². The molecule has 1 aromatic heterocycles. The third kappa shape index (κ3) is 4.06. The van der Waals surface area contributed by atoms with Crippen LogP contribution in [0.2, 0.25) is 0 Å². The molecular formula is C16H28N4O. The molecule has 1 aliphatic carbocycles. The Balaban J connectivity index is 2.03. The highest BCUT2D eigenvalue weighted by molar-refractivity contribution is 5.37. The van der Waals surface area contributed by atoms with Crippen LogP contribution in [0.5, 0.6) is 5.88 Å². The fourth-order valence-electron chi connectivity index (χ4n) is 3.28. The highest BCUT2D eigenvalue weighted by atomic mass is 16.5. The number of ether oxygens (including phenoxy) is 1. The van der Waals surface area contributed by atoms with Crippen molar-refractivity contribution >= 4 is 5.82 Å². The molecular weight excluding hydrogens is 264 g/mol. The van der Waals surface area contributed by atoms with Crippen LogP contribution in [0, 0.1) is 5.92 Å². The van der Waals surface area contributed by atoms with Crippen LogP contribution < -0.4 is 10.1 Å². The Morgan fingerprint density at radius 2 is 2.24 bits per heavy atom. The fourth-order valence-corrected chi connectivity index (χ4v) is 3.28. The van der Waals surface area contributed by atoms with Gasteiger partial charge in [0.05, 0.1) is 6.61 Å². The van der Waals surface area contributed by atoms with E-state index in [0.717, 1.165) is 18.3 Å². The summed E-state index contributed by atoms with van der Waals surface area (Å²) in [6.07, 6.45) is 6.67. The Hall–Kier alpha value is -1.36. The van der Waals surface area contributed by atoms with Crippen molar-refractivity contribution < 1.29 is 4.74 Å². The van der Waals surface area contributed by atoms with Crippen LogP contribution in [-0.4, -0.2) is 47.7 Å². The molecule has 2 atom stereocenters. The van der Waals surface area contributed by atoms with Crippen LogP contribution in [0.3, 0.4) is 0 Å². The van der Waals surface area contributed by atoms with Gasteiger partial charge in [0, 0.05) is 18.2 Å². The van der Waals surface area contributed by atoms with Gasteiger partial charge in [-0.3, -0.25) is 0 Å². The summed E-state index contributed by atoms with van der Waals surface area (Å²) in [5.74, 6) is 2.26. The molecule has 0 amide bonds. The van der Waals surface area contributed by atoms with Crippen molar-refractivity contribution in [3.63, 3.8) is 0 Å². The monoisotopic (exact) mass is 292 g/mol. The highest BCUT2D eigenvalue weighted by Gasteiger charge is 2.36. The number of hydrogen-bond acceptors (Lipinski definition) is 5. The summed E-state index contributed by atoms with van der Waals surface area (Å²) in [5.41, 5.74) is 0.217. The van der Waals surface area contributed by atoms with Crippen molar-refractivity contribution in [3.05, 3.63) is 12.4 Å². The van der Waals surface area contributed by atoms with Crippen LogP contribution in [0.25, 0.3) is 0 Å². The van der Waals surface area contributed by atoms with E-state index in [1.54, 1.807) is 6.33 Å². The third-order valence-corrected chi connectivity index (χ3v) is 4.55. The molecule has 5 heteroatoms. The van der Waals surface area contributed by atoms with Crippen molar-refractivity contribution in [2.24, 2.45) is 5.92 Å². The number of anilines is 1. The molecule has 1 aromatic rings. The second-order valence-corrected chi connectivity index (χ2v) is 6.35. The van der Waals surface area contributed by atoms with Gasteiger partial charge in [0.1, 0.15) is 12.1 Å². The topological polar surface area (TPSA) is 50.3 Å². The Labute approximate surface area is 128 Å². The summed E-state index contributed by atoms with van der Waals surface area (Å²) in [7, 11) is 4.37. The predicted octanol–water partition coefficient (Wildman–Crippen LogP) is 2.80. The van der Waals surface area contributed by atoms with Gasteiger partial charge in [0.15, 0.2) is 0 Å². The van der Waals surface area contributed by atoms with Crippen molar-refractivity contribution in [1.82, 2.24) is 14.9 Å². The zero-order valence-corrected chi connectivity index (χ0v) is 13.7. The van der Waals surface area contributed by atoms with Crippen molar-refractivity contribution in [2.75, 3.05) is 32.6 Å². The number of aromatic nitrogens is 2. The second kappa shape index (κ2) is 7.07. The van der Waals surface area contributed by atoms with Crippen LogP contribution in [0.15, 0.2) is 12.4 Å². The lowest BCUT2D eigenvalue weighted by Gasteiger charge is -2.45. The fraction of sp³-hybridized carbons (Fsp3) is 0.750. The van der Waals surface area contributed by atoms with Gasteiger partial charge in [-0.05, 0) is 39.8 Å². The molecule has 0 bridgehead atoms. The van der Waals surface area contributed by atoms with Crippen LogP contribution >= 0.6 is 0 Å². The van der Waals surface area contributed by atoms with Gasteiger partial charge in [0.25, 0.3) is 0 Å². The first-order valence-corrected chi connectivity index (χ1v) is 7.92. The number of rotatable bonds is 6. The summed E-state index contributed by atoms with van der Waals surface area (Å²) in [6, 6.07) is 1.87. The molecule has 1 saturated carbocycles. The molecule has 2 unspecified atom stereocenters. The lowest BCUT2D eigenvalue weighted by molar-refractivity contribution is 0.0881. The van der Waals surface area contributed by atoms with E-state index in [2.05, 4.69) is 41.2 Å². The predicted molar refractivity (Wildman–Crippen MR) is 85.7 cm³/mol. The van der Waals surface area contributed by atoms with Crippen molar-refractivity contribution in [3.8, 4) is 5.88 Å². The van der Waals surface area contributed by atoms with E-state index in [9.17, 15) is 0 Å². The Morgan fingerprint density at radius 3 is 2.90 bits per heavy atom. The minimum Gasteiger partial charge on any atom is -0.478 e. The van der Waals surface area contributed by atoms with E-state index in [0.29, 0.717) is 12.5 Å². The molecule has 1 N–H and O–H groups in total. The lowest BCUT2D eigenvalue weighted by Crippen LogP contribution is -2.52. The third-order valence-electron chi connectivity index (χ3n) is 4.55. The first-order chi connectivity index (χ1) is 10.1. The van der Waals surface area contributed by atoms with Gasteiger partial charge in [-0.2, -0.15) is 0 Å². The zero-order valence-electron chi connectivity index (χ0n) is 13.7. The molecule has 21 heavy (non-hydrogen) atoms. The maximum absolute atomic E-state index is 5.43. The van der Waals surface area contributed by atoms with Gasteiger partial charge in [-0.25, -0.2) is 9.97 Å². The van der Waals surface area contributed by atoms with E-state index in [1.807, 2.05) is 13.0 Å². The summed E-state index contributed by atoms with van der Waals surface area (Å²) in [6.45, 7) is 5.84. The molecule has 0 radical (unpaired) electrons. The van der Waals surface area contributed by atoms with E-state index in [-0.39, 0.29) is 5.54 Å². The standard InChI is InChI=1S/C16H28N4O/c1-5-21-15-9-14(18-12-19-15)17-11-16(20(3)4)8-6-7-13(2)10-16/h9,12-13H,5-8,10-11H2,1-4H3,(H,17,18,19). The number of nitrogens with zero attached hydrogens (tertiary/aromatic N) is 3. The molecule has 1 heterocycles. The second-order valence-electron chi connectivity index (χ2n) is 6.35. The lowest BCUT2D eigenvalue weighted by atomic mass is 9.75. The Morgan fingerprint density at radius 1 is 1.43 bits per heavy atom. The van der Waals surface area contributed by atoms with Gasteiger partial charge >= 0.3 is 0 Å². The van der Waals surface area contributed by atoms with Crippen molar-refractivity contribution in [2.45, 2.75) is 45.1 Å². The Bertz CT molecular complexity index is 452. The van der Waals surface area contributed by atoms with E-state index in [1.165, 1.54) is 25.7 Å². The largest absolute Gasteiger partial charge is 0.478 e. The number of nitrogens with one attached hydrogen (secondary N) is 1. The van der Waals surface area contributed by atoms with E-state index in [4.69, 9.17) is 4.74 Å². The zero-order chi connectivity index (χ0) is 15.3. The molecule has 2 rings (SSSR count). The first kappa shape index (κ1) is 16.0. The maximum Gasteiger partial charge on any atom is 0.218 e. The molecule has 1 aliphatic rings. The molecule has 0 aromatic carbocycles. The summed E-state index contributed by atoms with van der Waals surface area (Å²) in [4.78, 5) is 10.8. The molecule has 118 valence electrons. The molecule has 1 fully saturated rings. The van der Waals surface area contributed by atoms with Crippen LogP contribution in [0.4, 0.5) is 5.82 Å². The van der Waals surface area contributed by atoms with Gasteiger partial charge in [-0.15, -0.1) is 0 Å². The molecule has 0 aliphatic heterocycles. The van der Waals surface area contributed by atoms with E-state index < -0.39 is 0 Å². The molecule has 5 nitrogen and oxygen atoms in total.